The molecule has 112 valence electrons. The van der Waals surface area contributed by atoms with Gasteiger partial charge in [-0.3, -0.25) is 4.79 Å². The van der Waals surface area contributed by atoms with Gasteiger partial charge in [0, 0.05) is 0 Å². The second-order valence-electron chi connectivity index (χ2n) is 4.34. The molecule has 0 bridgehead atoms. The van der Waals surface area contributed by atoms with E-state index < -0.39 is 17.2 Å². The van der Waals surface area contributed by atoms with E-state index in [9.17, 15) is 9.36 Å². The van der Waals surface area contributed by atoms with E-state index in [-0.39, 0.29) is 6.10 Å². The van der Waals surface area contributed by atoms with Gasteiger partial charge in [0.25, 0.3) is 0 Å². The lowest BCUT2D eigenvalue weighted by atomic mass is 10.3. The second kappa shape index (κ2) is 7.64. The maximum absolute atomic E-state index is 12.3. The van der Waals surface area contributed by atoms with Crippen molar-refractivity contribution in [1.82, 2.24) is 5.09 Å². The molecule has 0 saturated heterocycles. The highest BCUT2D eigenvalue weighted by Crippen LogP contribution is 2.53. The van der Waals surface area contributed by atoms with Crippen LogP contribution < -0.4 is 9.61 Å². The highest BCUT2D eigenvalue weighted by molar-refractivity contribution is 14.2. The van der Waals surface area contributed by atoms with Crippen LogP contribution in [0.3, 0.4) is 0 Å². The molecule has 1 N–H and O–H groups in total. The molecule has 8 heteroatoms. The van der Waals surface area contributed by atoms with E-state index in [0.717, 1.165) is 0 Å². The predicted molar refractivity (Wildman–Crippen MR) is 87.5 cm³/mol. The first kappa shape index (κ1) is 17.8. The van der Waals surface area contributed by atoms with Crippen molar-refractivity contribution in [2.75, 3.05) is 0 Å². The van der Waals surface area contributed by atoms with Crippen LogP contribution in [-0.4, -0.2) is 18.1 Å². The normalized spacial score (nSPS) is 15.5. The number of nitrogens with one attached hydrogen (secondary N) is 1. The van der Waals surface area contributed by atoms with Crippen LogP contribution in [0.15, 0.2) is 24.3 Å². The van der Waals surface area contributed by atoms with Crippen LogP contribution in [0.2, 0.25) is 5.02 Å². The first-order chi connectivity index (χ1) is 9.21. The Bertz CT molecular complexity index is 526. The van der Waals surface area contributed by atoms with Crippen molar-refractivity contribution in [3.8, 4) is 5.75 Å². The van der Waals surface area contributed by atoms with Gasteiger partial charge < -0.3 is 9.26 Å². The third-order valence-electron chi connectivity index (χ3n) is 2.11. The highest BCUT2D eigenvalue weighted by atomic mass is 127. The van der Waals surface area contributed by atoms with Crippen molar-refractivity contribution in [2.45, 2.75) is 32.9 Å². The Morgan fingerprint density at radius 2 is 1.95 bits per heavy atom. The highest BCUT2D eigenvalue weighted by Gasteiger charge is 2.28. The lowest BCUT2D eigenvalue weighted by Crippen LogP contribution is -2.34. The summed E-state index contributed by atoms with van der Waals surface area (Å²) in [6, 6.07) is 5.94. The summed E-state index contributed by atoms with van der Waals surface area (Å²) in [5, 5.41) is -0.286. The first-order valence-corrected chi connectivity index (χ1v) is 10.7. The summed E-state index contributed by atoms with van der Waals surface area (Å²) in [7, 11) is 0. The summed E-state index contributed by atoms with van der Waals surface area (Å²) in [6.07, 6.45) is -0.232. The van der Waals surface area contributed by atoms with Gasteiger partial charge >= 0.3 is 11.1 Å². The summed E-state index contributed by atoms with van der Waals surface area (Å²) >= 11 is 7.56. The summed E-state index contributed by atoms with van der Waals surface area (Å²) < 4.78 is 22.7. The smallest absolute Gasteiger partial charge is 0.374 e. The third kappa shape index (κ3) is 5.99. The molecule has 0 fully saturated rings. The fourth-order valence-electron chi connectivity index (χ4n) is 1.29. The summed E-state index contributed by atoms with van der Waals surface area (Å²) in [5.74, 6) is -0.191. The van der Waals surface area contributed by atoms with Gasteiger partial charge in [-0.2, -0.15) is 0 Å². The van der Waals surface area contributed by atoms with Gasteiger partial charge in [-0.15, -0.1) is 0 Å². The molecule has 0 spiro atoms. The molecule has 0 heterocycles. The van der Waals surface area contributed by atoms with E-state index in [1.807, 2.05) is 0 Å². The molecule has 1 rings (SSSR count). The maximum Gasteiger partial charge on any atom is 0.374 e. The van der Waals surface area contributed by atoms with Crippen LogP contribution in [0.5, 0.6) is 5.75 Å². The fraction of sp³-hybridized carbons (Fsp3) is 0.417. The number of carbonyl (C=O) groups excluding carboxylic acids is 1. The average Bonchev–Trinajstić information content (AvgIpc) is 2.30. The standard InChI is InChI=1S/C12H16ClINO4P/c1-8(2)18-12(16)9(3)15-20(14,17)19-11-7-5-4-6-10(11)13/h4-9H,1-3H3,(H,15,17)/t9-,20?/m0/s1. The topological polar surface area (TPSA) is 64.6 Å². The van der Waals surface area contributed by atoms with Crippen LogP contribution in [0.4, 0.5) is 0 Å². The molecule has 5 nitrogen and oxygen atoms in total. The Balaban J connectivity index is 2.68. The molecule has 0 aliphatic rings. The maximum atomic E-state index is 12.3. The number of carbonyl (C=O) groups is 1. The molecule has 0 saturated carbocycles. The van der Waals surface area contributed by atoms with Crippen molar-refractivity contribution in [3.05, 3.63) is 29.3 Å². The number of esters is 1. The minimum atomic E-state index is -3.26. The van der Waals surface area contributed by atoms with Gasteiger partial charge in [0.05, 0.1) is 33.2 Å². The van der Waals surface area contributed by atoms with Gasteiger partial charge in [-0.1, -0.05) is 23.7 Å². The molecular formula is C12H16ClINO4P. The Kier molecular flexibility index (Phi) is 6.78. The largest absolute Gasteiger partial charge is 0.462 e. The number of para-hydroxylation sites is 1. The molecule has 20 heavy (non-hydrogen) atoms. The Morgan fingerprint density at radius 1 is 1.35 bits per heavy atom. The van der Waals surface area contributed by atoms with Gasteiger partial charge in [0.1, 0.15) is 11.8 Å². The summed E-state index contributed by atoms with van der Waals surface area (Å²) in [4.78, 5) is 11.7. The molecule has 0 aliphatic carbocycles. The minimum Gasteiger partial charge on any atom is -0.462 e. The van der Waals surface area contributed by atoms with Crippen LogP contribution >= 0.6 is 38.8 Å². The number of halogens is 2. The van der Waals surface area contributed by atoms with Crippen molar-refractivity contribution in [1.29, 1.82) is 0 Å². The summed E-state index contributed by atoms with van der Waals surface area (Å²) in [5.41, 5.74) is 0. The quantitative estimate of drug-likeness (QED) is 0.416. The van der Waals surface area contributed by atoms with E-state index in [1.165, 1.54) is 0 Å². The van der Waals surface area contributed by atoms with E-state index in [0.29, 0.717) is 10.8 Å². The first-order valence-electron chi connectivity index (χ1n) is 5.93. The number of ether oxygens (including phenoxy) is 1. The second-order valence-corrected chi connectivity index (χ2v) is 9.96. The number of rotatable bonds is 6. The third-order valence-corrected chi connectivity index (χ3v) is 4.97. The van der Waals surface area contributed by atoms with E-state index in [2.05, 4.69) is 5.09 Å². The Labute approximate surface area is 136 Å². The predicted octanol–water partition coefficient (Wildman–Crippen LogP) is 4.19. The zero-order chi connectivity index (χ0) is 15.3. The van der Waals surface area contributed by atoms with Crippen LogP contribution in [-0.2, 0) is 14.1 Å². The van der Waals surface area contributed by atoms with Crippen molar-refractivity contribution >= 4 is 44.8 Å². The Morgan fingerprint density at radius 3 is 2.50 bits per heavy atom. The van der Waals surface area contributed by atoms with Gasteiger partial charge in [-0.25, -0.2) is 9.65 Å². The molecule has 1 aromatic rings. The molecular weight excluding hydrogens is 415 g/mol. The van der Waals surface area contributed by atoms with Crippen molar-refractivity contribution < 1.29 is 18.6 Å². The monoisotopic (exact) mass is 431 g/mol. The molecule has 0 radical (unpaired) electrons. The van der Waals surface area contributed by atoms with Gasteiger partial charge in [0.15, 0.2) is 0 Å². The van der Waals surface area contributed by atoms with E-state index in [4.69, 9.17) is 20.9 Å². The SMILES string of the molecule is CC(C)OC(=O)[C@H](C)NP(=O)(I)Oc1ccccc1Cl. The van der Waals surface area contributed by atoms with Crippen molar-refractivity contribution in [3.63, 3.8) is 0 Å². The number of hydrogen-bond donors (Lipinski definition) is 1. The van der Waals surface area contributed by atoms with Crippen LogP contribution in [0.25, 0.3) is 0 Å². The molecule has 2 atom stereocenters. The molecule has 1 unspecified atom stereocenters. The van der Waals surface area contributed by atoms with Crippen molar-refractivity contribution in [2.24, 2.45) is 0 Å². The number of benzene rings is 1. The lowest BCUT2D eigenvalue weighted by molar-refractivity contribution is -0.148. The summed E-state index contributed by atoms with van der Waals surface area (Å²) in [6.45, 7) is 5.05. The fourth-order valence-corrected chi connectivity index (χ4v) is 4.44. The Hall–Kier alpha value is -0.300. The van der Waals surface area contributed by atoms with E-state index in [1.54, 1.807) is 67.1 Å². The molecule has 0 aromatic heterocycles. The molecule has 0 amide bonds. The van der Waals surface area contributed by atoms with Gasteiger partial charge in [-0.05, 0) is 32.9 Å². The van der Waals surface area contributed by atoms with Crippen LogP contribution in [0, 0.1) is 0 Å². The van der Waals surface area contributed by atoms with E-state index >= 15 is 0 Å². The molecule has 1 aromatic carbocycles. The lowest BCUT2D eigenvalue weighted by Gasteiger charge is -2.20. The average molecular weight is 432 g/mol. The van der Waals surface area contributed by atoms with Crippen LogP contribution in [0.1, 0.15) is 20.8 Å². The number of hydrogen-bond acceptors (Lipinski definition) is 4. The zero-order valence-electron chi connectivity index (χ0n) is 11.3. The minimum absolute atomic E-state index is 0.232. The zero-order valence-corrected chi connectivity index (χ0v) is 15.1. The molecule has 0 aliphatic heterocycles. The van der Waals surface area contributed by atoms with Gasteiger partial charge in [0.2, 0.25) is 0 Å².